The fourth-order valence-electron chi connectivity index (χ4n) is 2.74. The number of nitrogens with zero attached hydrogens (tertiary/aromatic N) is 1. The molecular formula is C20H25ClN2O4S. The minimum absolute atomic E-state index is 0.259. The third-order valence-electron chi connectivity index (χ3n) is 4.17. The van der Waals surface area contributed by atoms with Crippen LogP contribution in [0.3, 0.4) is 0 Å². The van der Waals surface area contributed by atoms with Gasteiger partial charge in [-0.25, -0.2) is 8.42 Å². The first-order valence-electron chi connectivity index (χ1n) is 8.82. The maximum atomic E-state index is 12.5. The summed E-state index contributed by atoms with van der Waals surface area (Å²) in [7, 11) is -3.66. The molecule has 28 heavy (non-hydrogen) atoms. The van der Waals surface area contributed by atoms with Crippen LogP contribution in [0.2, 0.25) is 5.02 Å². The van der Waals surface area contributed by atoms with Crippen molar-refractivity contribution in [1.82, 2.24) is 5.32 Å². The first kappa shape index (κ1) is 22.0. The van der Waals surface area contributed by atoms with Gasteiger partial charge in [-0.1, -0.05) is 23.7 Å². The second kappa shape index (κ2) is 9.30. The Hall–Kier alpha value is -2.25. The summed E-state index contributed by atoms with van der Waals surface area (Å²) in [6, 6.07) is 11.3. The zero-order valence-corrected chi connectivity index (χ0v) is 18.0. The summed E-state index contributed by atoms with van der Waals surface area (Å²) in [6.07, 6.45) is 1.06. The number of hydrogen-bond acceptors (Lipinski definition) is 4. The molecule has 152 valence electrons. The van der Waals surface area contributed by atoms with Crippen LogP contribution in [0.15, 0.2) is 42.5 Å². The van der Waals surface area contributed by atoms with Crippen molar-refractivity contribution in [2.24, 2.45) is 0 Å². The zero-order chi connectivity index (χ0) is 20.9. The molecule has 0 saturated heterocycles. The third-order valence-corrected chi connectivity index (χ3v) is 5.67. The molecule has 8 heteroatoms. The Morgan fingerprint density at radius 1 is 1.18 bits per heavy atom. The van der Waals surface area contributed by atoms with Gasteiger partial charge in [-0.05, 0) is 62.2 Å². The summed E-state index contributed by atoms with van der Waals surface area (Å²) < 4.78 is 31.3. The van der Waals surface area contributed by atoms with Gasteiger partial charge in [0.2, 0.25) is 15.9 Å². The van der Waals surface area contributed by atoms with Gasteiger partial charge in [-0.3, -0.25) is 9.10 Å². The van der Waals surface area contributed by atoms with Gasteiger partial charge in [-0.2, -0.15) is 0 Å². The Morgan fingerprint density at radius 2 is 1.82 bits per heavy atom. The average Bonchev–Trinajstić information content (AvgIpc) is 2.62. The van der Waals surface area contributed by atoms with Gasteiger partial charge < -0.3 is 10.1 Å². The van der Waals surface area contributed by atoms with Crippen LogP contribution in [0.1, 0.15) is 18.1 Å². The van der Waals surface area contributed by atoms with Crippen LogP contribution in [-0.4, -0.2) is 39.8 Å². The molecule has 0 aromatic heterocycles. The smallest absolute Gasteiger partial charge is 0.243 e. The minimum Gasteiger partial charge on any atom is -0.491 e. The number of amides is 1. The van der Waals surface area contributed by atoms with E-state index in [4.69, 9.17) is 16.3 Å². The van der Waals surface area contributed by atoms with E-state index in [1.165, 1.54) is 6.92 Å². The van der Waals surface area contributed by atoms with Gasteiger partial charge in [0, 0.05) is 5.02 Å². The van der Waals surface area contributed by atoms with E-state index in [1.807, 2.05) is 32.0 Å². The standard InChI is InChI=1S/C20H25ClN2O4S/c1-14-5-6-15(2)19(13-14)27-12-11-22-20(24)16(3)23(28(4,25)26)18-9-7-17(21)8-10-18/h5-10,13,16H,11-12H2,1-4H3,(H,22,24)/t16-/m1/s1. The predicted octanol–water partition coefficient (Wildman–Crippen LogP) is 3.31. The SMILES string of the molecule is Cc1ccc(C)c(OCCNC(=O)[C@@H](C)N(c2ccc(Cl)cc2)S(C)(=O)=O)c1. The van der Waals surface area contributed by atoms with Crippen molar-refractivity contribution in [3.05, 3.63) is 58.6 Å². The van der Waals surface area contributed by atoms with Crippen LogP contribution in [0.5, 0.6) is 5.75 Å². The van der Waals surface area contributed by atoms with Crippen molar-refractivity contribution in [2.75, 3.05) is 23.7 Å². The highest BCUT2D eigenvalue weighted by Crippen LogP contribution is 2.23. The molecule has 0 bridgehead atoms. The molecule has 1 amide bonds. The number of aryl methyl sites for hydroxylation is 2. The lowest BCUT2D eigenvalue weighted by atomic mass is 10.1. The molecule has 0 heterocycles. The van der Waals surface area contributed by atoms with Gasteiger partial charge in [0.1, 0.15) is 18.4 Å². The molecule has 1 N–H and O–H groups in total. The fraction of sp³-hybridized carbons (Fsp3) is 0.350. The number of ether oxygens (including phenoxy) is 1. The number of sulfonamides is 1. The van der Waals surface area contributed by atoms with Crippen molar-refractivity contribution in [1.29, 1.82) is 0 Å². The van der Waals surface area contributed by atoms with E-state index in [0.717, 1.165) is 27.4 Å². The topological polar surface area (TPSA) is 75.7 Å². The van der Waals surface area contributed by atoms with E-state index in [2.05, 4.69) is 5.32 Å². The Labute approximate surface area is 171 Å². The molecule has 2 rings (SSSR count). The van der Waals surface area contributed by atoms with Crippen molar-refractivity contribution in [3.63, 3.8) is 0 Å². The van der Waals surface area contributed by atoms with Crippen molar-refractivity contribution >= 4 is 33.2 Å². The first-order valence-corrected chi connectivity index (χ1v) is 11.0. The molecule has 2 aromatic carbocycles. The zero-order valence-electron chi connectivity index (χ0n) is 16.4. The van der Waals surface area contributed by atoms with Gasteiger partial charge in [0.05, 0.1) is 18.5 Å². The largest absolute Gasteiger partial charge is 0.491 e. The van der Waals surface area contributed by atoms with Crippen LogP contribution in [-0.2, 0) is 14.8 Å². The van der Waals surface area contributed by atoms with Crippen molar-refractivity contribution in [3.8, 4) is 5.75 Å². The van der Waals surface area contributed by atoms with Crippen LogP contribution in [0.25, 0.3) is 0 Å². The number of halogens is 1. The van der Waals surface area contributed by atoms with Crippen LogP contribution >= 0.6 is 11.6 Å². The Balaban J connectivity index is 1.99. The highest BCUT2D eigenvalue weighted by molar-refractivity contribution is 7.92. The monoisotopic (exact) mass is 424 g/mol. The lowest BCUT2D eigenvalue weighted by Gasteiger charge is -2.28. The second-order valence-corrected chi connectivity index (χ2v) is 8.92. The Kier molecular flexibility index (Phi) is 7.32. The number of anilines is 1. The van der Waals surface area contributed by atoms with Crippen molar-refractivity contribution < 1.29 is 17.9 Å². The minimum atomic E-state index is -3.66. The summed E-state index contributed by atoms with van der Waals surface area (Å²) in [5, 5.41) is 3.21. The average molecular weight is 425 g/mol. The number of hydrogen-bond donors (Lipinski definition) is 1. The summed E-state index contributed by atoms with van der Waals surface area (Å²) in [6.45, 7) is 6.01. The third kappa shape index (κ3) is 5.87. The molecular weight excluding hydrogens is 400 g/mol. The van der Waals surface area contributed by atoms with Crippen LogP contribution < -0.4 is 14.4 Å². The van der Waals surface area contributed by atoms with Crippen LogP contribution in [0.4, 0.5) is 5.69 Å². The lowest BCUT2D eigenvalue weighted by molar-refractivity contribution is -0.121. The van der Waals surface area contributed by atoms with E-state index < -0.39 is 22.0 Å². The molecule has 0 aliphatic heterocycles. The van der Waals surface area contributed by atoms with Gasteiger partial charge in [0.15, 0.2) is 0 Å². The molecule has 0 aliphatic carbocycles. The highest BCUT2D eigenvalue weighted by Gasteiger charge is 2.28. The molecule has 0 saturated carbocycles. The maximum Gasteiger partial charge on any atom is 0.243 e. The second-order valence-electron chi connectivity index (χ2n) is 6.62. The molecule has 0 radical (unpaired) electrons. The quantitative estimate of drug-likeness (QED) is 0.659. The molecule has 0 aliphatic rings. The normalized spacial score (nSPS) is 12.3. The van der Waals surface area contributed by atoms with Crippen LogP contribution in [0, 0.1) is 13.8 Å². The summed E-state index contributed by atoms with van der Waals surface area (Å²) in [5.41, 5.74) is 2.47. The lowest BCUT2D eigenvalue weighted by Crippen LogP contribution is -2.48. The van der Waals surface area contributed by atoms with E-state index in [0.29, 0.717) is 10.7 Å². The van der Waals surface area contributed by atoms with Gasteiger partial charge in [0.25, 0.3) is 0 Å². The molecule has 6 nitrogen and oxygen atoms in total. The molecule has 1 atom stereocenters. The molecule has 2 aromatic rings. The number of carbonyl (C=O) groups excluding carboxylic acids is 1. The van der Waals surface area contributed by atoms with Crippen molar-refractivity contribution in [2.45, 2.75) is 26.8 Å². The van der Waals surface area contributed by atoms with E-state index >= 15 is 0 Å². The van der Waals surface area contributed by atoms with E-state index in [9.17, 15) is 13.2 Å². The fourth-order valence-corrected chi connectivity index (χ4v) is 4.04. The van der Waals surface area contributed by atoms with Gasteiger partial charge in [-0.15, -0.1) is 0 Å². The maximum absolute atomic E-state index is 12.5. The summed E-state index contributed by atoms with van der Waals surface area (Å²) >= 11 is 5.87. The molecule has 0 unspecified atom stereocenters. The Bertz CT molecular complexity index is 930. The summed E-state index contributed by atoms with van der Waals surface area (Å²) in [5.74, 6) is 0.353. The number of nitrogens with one attached hydrogen (secondary N) is 1. The molecule has 0 fully saturated rings. The van der Waals surface area contributed by atoms with Gasteiger partial charge >= 0.3 is 0 Å². The number of carbonyl (C=O) groups is 1. The van der Waals surface area contributed by atoms with E-state index in [-0.39, 0.29) is 13.2 Å². The number of benzene rings is 2. The predicted molar refractivity (Wildman–Crippen MR) is 113 cm³/mol. The first-order chi connectivity index (χ1) is 13.1. The number of rotatable bonds is 8. The highest BCUT2D eigenvalue weighted by atomic mass is 35.5. The van der Waals surface area contributed by atoms with E-state index in [1.54, 1.807) is 24.3 Å². The molecule has 0 spiro atoms. The summed E-state index contributed by atoms with van der Waals surface area (Å²) in [4.78, 5) is 12.5. The Morgan fingerprint density at radius 3 is 2.43 bits per heavy atom.